The first-order valence-corrected chi connectivity index (χ1v) is 6.75. The van der Waals surface area contributed by atoms with Crippen molar-refractivity contribution in [2.45, 2.75) is 38.7 Å². The quantitative estimate of drug-likeness (QED) is 0.802. The van der Waals surface area contributed by atoms with Gasteiger partial charge in [-0.2, -0.15) is 0 Å². The van der Waals surface area contributed by atoms with Crippen LogP contribution in [0.2, 0.25) is 0 Å². The van der Waals surface area contributed by atoms with Crippen molar-refractivity contribution in [2.75, 3.05) is 13.2 Å². The highest BCUT2D eigenvalue weighted by Gasteiger charge is 2.14. The zero-order chi connectivity index (χ0) is 13.7. The van der Waals surface area contributed by atoms with Crippen LogP contribution in [0, 0.1) is 6.92 Å². The molecule has 0 bridgehead atoms. The Kier molecular flexibility index (Phi) is 4.80. The van der Waals surface area contributed by atoms with Crippen molar-refractivity contribution in [2.24, 2.45) is 0 Å². The van der Waals surface area contributed by atoms with E-state index in [1.165, 1.54) is 6.42 Å². The first kappa shape index (κ1) is 13.9. The summed E-state index contributed by atoms with van der Waals surface area (Å²) < 4.78 is 11.2. The molecule has 4 nitrogen and oxygen atoms in total. The van der Waals surface area contributed by atoms with Crippen LogP contribution >= 0.6 is 0 Å². The molecule has 1 heterocycles. The fourth-order valence-corrected chi connectivity index (χ4v) is 2.34. The predicted octanol–water partition coefficient (Wildman–Crippen LogP) is 3.03. The zero-order valence-electron chi connectivity index (χ0n) is 11.2. The first-order valence-electron chi connectivity index (χ1n) is 6.75. The first-order chi connectivity index (χ1) is 9.16. The maximum Gasteiger partial charge on any atom is 0.335 e. The van der Waals surface area contributed by atoms with E-state index >= 15 is 0 Å². The molecule has 0 amide bonds. The molecule has 0 saturated carbocycles. The summed E-state index contributed by atoms with van der Waals surface area (Å²) in [5.74, 6) is -0.169. The second-order valence-electron chi connectivity index (χ2n) is 4.91. The molecule has 4 heteroatoms. The Morgan fingerprint density at radius 2 is 2.37 bits per heavy atom. The van der Waals surface area contributed by atoms with Crippen LogP contribution in [0.4, 0.5) is 0 Å². The fourth-order valence-electron chi connectivity index (χ4n) is 2.34. The molecule has 1 fully saturated rings. The highest BCUT2D eigenvalue weighted by molar-refractivity contribution is 5.89. The summed E-state index contributed by atoms with van der Waals surface area (Å²) in [4.78, 5) is 10.9. The Balaban J connectivity index is 1.76. The number of carbonyl (C=O) groups is 1. The van der Waals surface area contributed by atoms with Crippen LogP contribution in [-0.4, -0.2) is 30.4 Å². The summed E-state index contributed by atoms with van der Waals surface area (Å²) in [7, 11) is 0. The fraction of sp³-hybridized carbons (Fsp3) is 0.533. The van der Waals surface area contributed by atoms with Gasteiger partial charge in [0.25, 0.3) is 0 Å². The highest BCUT2D eigenvalue weighted by atomic mass is 16.5. The van der Waals surface area contributed by atoms with E-state index in [0.29, 0.717) is 18.3 Å². The smallest absolute Gasteiger partial charge is 0.335 e. The van der Waals surface area contributed by atoms with Gasteiger partial charge in [-0.25, -0.2) is 4.79 Å². The van der Waals surface area contributed by atoms with E-state index in [0.717, 1.165) is 37.2 Å². The number of carboxylic acid groups (broad SMARTS) is 1. The second kappa shape index (κ2) is 6.57. The molecular weight excluding hydrogens is 244 g/mol. The number of hydrogen-bond donors (Lipinski definition) is 1. The molecule has 104 valence electrons. The molecule has 1 aromatic carbocycles. The van der Waals surface area contributed by atoms with Crippen LogP contribution in [0.25, 0.3) is 0 Å². The van der Waals surface area contributed by atoms with E-state index in [1.807, 2.05) is 0 Å². The lowest BCUT2D eigenvalue weighted by Gasteiger charge is -2.11. The molecule has 1 saturated heterocycles. The van der Waals surface area contributed by atoms with Crippen molar-refractivity contribution < 1.29 is 19.4 Å². The minimum Gasteiger partial charge on any atom is -0.494 e. The molecule has 1 atom stereocenters. The molecule has 2 rings (SSSR count). The third-order valence-corrected chi connectivity index (χ3v) is 3.39. The van der Waals surface area contributed by atoms with Gasteiger partial charge in [0.15, 0.2) is 0 Å². The molecule has 0 radical (unpaired) electrons. The van der Waals surface area contributed by atoms with E-state index in [9.17, 15) is 4.79 Å². The van der Waals surface area contributed by atoms with Crippen molar-refractivity contribution in [3.63, 3.8) is 0 Å². The predicted molar refractivity (Wildman–Crippen MR) is 71.8 cm³/mol. The maximum atomic E-state index is 10.9. The Morgan fingerprint density at radius 1 is 1.53 bits per heavy atom. The molecule has 1 N–H and O–H groups in total. The normalized spacial score (nSPS) is 18.5. The summed E-state index contributed by atoms with van der Waals surface area (Å²) in [6, 6.07) is 5.07. The van der Waals surface area contributed by atoms with Gasteiger partial charge in [0, 0.05) is 6.61 Å². The summed E-state index contributed by atoms with van der Waals surface area (Å²) in [5.41, 5.74) is 1.05. The van der Waals surface area contributed by atoms with Crippen molar-refractivity contribution in [3.05, 3.63) is 29.3 Å². The summed E-state index contributed by atoms with van der Waals surface area (Å²) in [5, 5.41) is 8.94. The second-order valence-corrected chi connectivity index (χ2v) is 4.91. The van der Waals surface area contributed by atoms with E-state index < -0.39 is 5.97 Å². The molecule has 1 unspecified atom stereocenters. The van der Waals surface area contributed by atoms with Gasteiger partial charge in [0.1, 0.15) is 5.75 Å². The summed E-state index contributed by atoms with van der Waals surface area (Å²) in [6.07, 6.45) is 4.73. The van der Waals surface area contributed by atoms with Crippen LogP contribution in [0.3, 0.4) is 0 Å². The molecule has 1 aliphatic heterocycles. The van der Waals surface area contributed by atoms with Crippen LogP contribution in [0.15, 0.2) is 18.2 Å². The largest absolute Gasteiger partial charge is 0.494 e. The Labute approximate surface area is 113 Å². The Morgan fingerprint density at radius 3 is 3.00 bits per heavy atom. The van der Waals surface area contributed by atoms with Gasteiger partial charge in [-0.1, -0.05) is 0 Å². The molecule has 0 aromatic heterocycles. The van der Waals surface area contributed by atoms with Crippen molar-refractivity contribution >= 4 is 5.97 Å². The Bertz CT molecular complexity index is 436. The monoisotopic (exact) mass is 264 g/mol. The number of carboxylic acids is 1. The molecule has 0 aliphatic carbocycles. The van der Waals surface area contributed by atoms with Crippen LogP contribution in [0.1, 0.15) is 41.6 Å². The van der Waals surface area contributed by atoms with Crippen LogP contribution < -0.4 is 4.74 Å². The van der Waals surface area contributed by atoms with Gasteiger partial charge in [-0.15, -0.1) is 0 Å². The van der Waals surface area contributed by atoms with E-state index in [-0.39, 0.29) is 0 Å². The lowest BCUT2D eigenvalue weighted by atomic mass is 10.1. The van der Waals surface area contributed by atoms with Gasteiger partial charge >= 0.3 is 5.97 Å². The van der Waals surface area contributed by atoms with Crippen molar-refractivity contribution in [3.8, 4) is 5.75 Å². The lowest BCUT2D eigenvalue weighted by molar-refractivity contribution is 0.0696. The average molecular weight is 264 g/mol. The number of hydrogen-bond acceptors (Lipinski definition) is 3. The van der Waals surface area contributed by atoms with Gasteiger partial charge < -0.3 is 14.6 Å². The molecule has 1 aromatic rings. The number of rotatable bonds is 6. The van der Waals surface area contributed by atoms with Gasteiger partial charge in [-0.3, -0.25) is 0 Å². The topological polar surface area (TPSA) is 55.8 Å². The van der Waals surface area contributed by atoms with Gasteiger partial charge in [-0.05, 0) is 56.4 Å². The SMILES string of the molecule is Cc1cc(OCCCC2CCCO2)ccc1C(=O)O. The van der Waals surface area contributed by atoms with Crippen LogP contribution in [0.5, 0.6) is 5.75 Å². The molecular formula is C15H20O4. The number of aromatic carboxylic acids is 1. The number of benzene rings is 1. The maximum absolute atomic E-state index is 10.9. The molecule has 1 aliphatic rings. The van der Waals surface area contributed by atoms with Crippen molar-refractivity contribution in [1.82, 2.24) is 0 Å². The number of aryl methyl sites for hydroxylation is 1. The minimum atomic E-state index is -0.901. The van der Waals surface area contributed by atoms with Crippen LogP contribution in [-0.2, 0) is 4.74 Å². The highest BCUT2D eigenvalue weighted by Crippen LogP contribution is 2.19. The standard InChI is InChI=1S/C15H20O4/c1-11-10-13(6-7-14(11)15(16)17)19-9-3-5-12-4-2-8-18-12/h6-7,10,12H,2-5,8-9H2,1H3,(H,16,17). The minimum absolute atomic E-state index is 0.326. The summed E-state index contributed by atoms with van der Waals surface area (Å²) >= 11 is 0. The molecule has 0 spiro atoms. The van der Waals surface area contributed by atoms with E-state index in [4.69, 9.17) is 14.6 Å². The van der Waals surface area contributed by atoms with E-state index in [1.54, 1.807) is 25.1 Å². The summed E-state index contributed by atoms with van der Waals surface area (Å²) in [6.45, 7) is 3.32. The lowest BCUT2D eigenvalue weighted by Crippen LogP contribution is -2.08. The number of ether oxygens (including phenoxy) is 2. The molecule has 19 heavy (non-hydrogen) atoms. The third-order valence-electron chi connectivity index (χ3n) is 3.39. The van der Waals surface area contributed by atoms with E-state index in [2.05, 4.69) is 0 Å². The average Bonchev–Trinajstić information content (AvgIpc) is 2.87. The Hall–Kier alpha value is -1.55. The van der Waals surface area contributed by atoms with Gasteiger partial charge in [0.2, 0.25) is 0 Å². The van der Waals surface area contributed by atoms with Crippen molar-refractivity contribution in [1.29, 1.82) is 0 Å². The van der Waals surface area contributed by atoms with Gasteiger partial charge in [0.05, 0.1) is 18.3 Å². The third kappa shape index (κ3) is 3.96. The zero-order valence-corrected chi connectivity index (χ0v) is 11.2.